The van der Waals surface area contributed by atoms with E-state index >= 15 is 0 Å². The first kappa shape index (κ1) is 17.1. The van der Waals surface area contributed by atoms with E-state index in [0.717, 1.165) is 0 Å². The number of hydrogen-bond acceptors (Lipinski definition) is 5. The zero-order chi connectivity index (χ0) is 15.6. The van der Waals surface area contributed by atoms with Crippen molar-refractivity contribution >= 4 is 16.0 Å². The number of likely N-dealkylation sites (N-methyl/N-ethyl adjacent to an activating group) is 1. The van der Waals surface area contributed by atoms with E-state index < -0.39 is 22.0 Å². The van der Waals surface area contributed by atoms with Gasteiger partial charge in [0, 0.05) is 5.57 Å². The highest BCUT2D eigenvalue weighted by molar-refractivity contribution is 7.85. The standard InChI is InChI=1S/C12H22N2O5S/c1-10(2)12(16)13-4-6-14(3,7-5-13)8-11(15)9-20(17,18)19/h11,15H,1,4-9H2,2-3H3. The number of carbonyl (C=O) groups is 1. The molecule has 1 saturated heterocycles. The summed E-state index contributed by atoms with van der Waals surface area (Å²) in [5, 5.41) is 9.68. The molecule has 1 fully saturated rings. The van der Waals surface area contributed by atoms with Gasteiger partial charge in [0.05, 0.1) is 49.1 Å². The fourth-order valence-electron chi connectivity index (χ4n) is 2.40. The lowest BCUT2D eigenvalue weighted by molar-refractivity contribution is -0.915. The van der Waals surface area contributed by atoms with Crippen LogP contribution in [0.4, 0.5) is 0 Å². The Hall–Kier alpha value is -0.960. The normalized spacial score (nSPS) is 20.5. The van der Waals surface area contributed by atoms with Gasteiger partial charge in [0.15, 0.2) is 0 Å². The van der Waals surface area contributed by atoms with Crippen LogP contribution in [-0.2, 0) is 14.9 Å². The molecule has 1 aliphatic rings. The Morgan fingerprint density at radius 3 is 2.35 bits per heavy atom. The summed E-state index contributed by atoms with van der Waals surface area (Å²) in [6, 6.07) is 0. The van der Waals surface area contributed by atoms with Crippen molar-refractivity contribution in [1.82, 2.24) is 4.90 Å². The smallest absolute Gasteiger partial charge is 0.249 e. The van der Waals surface area contributed by atoms with Gasteiger partial charge in [0.25, 0.3) is 0 Å². The Kier molecular flexibility index (Phi) is 5.31. The number of rotatable bonds is 5. The third kappa shape index (κ3) is 5.20. The maximum Gasteiger partial charge on any atom is 0.249 e. The number of quaternary nitrogens is 1. The fourth-order valence-corrected chi connectivity index (χ4v) is 2.98. The zero-order valence-electron chi connectivity index (χ0n) is 11.9. The van der Waals surface area contributed by atoms with Crippen molar-refractivity contribution in [3.05, 3.63) is 12.2 Å². The van der Waals surface area contributed by atoms with Gasteiger partial charge in [0.1, 0.15) is 12.6 Å². The first-order valence-corrected chi connectivity index (χ1v) is 8.00. The number of carbonyl (C=O) groups excluding carboxylic acids is 1. The van der Waals surface area contributed by atoms with Crippen molar-refractivity contribution in [2.75, 3.05) is 45.5 Å². The summed E-state index contributed by atoms with van der Waals surface area (Å²) < 4.78 is 32.3. The summed E-state index contributed by atoms with van der Waals surface area (Å²) in [4.78, 5) is 13.5. The SMILES string of the molecule is C=C(C)C(=O)N1CC[N+](C)(CC(O)CS(=O)(=O)[O-])CC1. The van der Waals surface area contributed by atoms with Crippen molar-refractivity contribution in [2.45, 2.75) is 13.0 Å². The Morgan fingerprint density at radius 1 is 1.45 bits per heavy atom. The van der Waals surface area contributed by atoms with Crippen molar-refractivity contribution in [3.8, 4) is 0 Å². The van der Waals surface area contributed by atoms with Crippen LogP contribution in [0.2, 0.25) is 0 Å². The summed E-state index contributed by atoms with van der Waals surface area (Å²) in [6.45, 7) is 7.74. The minimum Gasteiger partial charge on any atom is -0.748 e. The van der Waals surface area contributed by atoms with Crippen molar-refractivity contribution in [1.29, 1.82) is 0 Å². The molecule has 0 aliphatic carbocycles. The van der Waals surface area contributed by atoms with Gasteiger partial charge in [-0.05, 0) is 6.92 Å². The Labute approximate surface area is 119 Å². The third-order valence-electron chi connectivity index (χ3n) is 3.52. The maximum atomic E-state index is 11.8. The molecule has 8 heteroatoms. The van der Waals surface area contributed by atoms with Gasteiger partial charge in [-0.2, -0.15) is 0 Å². The average Bonchev–Trinajstić information content (AvgIpc) is 2.25. The summed E-state index contributed by atoms with van der Waals surface area (Å²) in [5.41, 5.74) is 0.485. The average molecular weight is 306 g/mol. The highest BCUT2D eigenvalue weighted by atomic mass is 32.2. The number of aliphatic hydroxyl groups excluding tert-OH is 1. The number of piperazine rings is 1. The van der Waals surface area contributed by atoms with E-state index in [2.05, 4.69) is 6.58 Å². The Morgan fingerprint density at radius 2 is 1.95 bits per heavy atom. The van der Waals surface area contributed by atoms with Crippen LogP contribution >= 0.6 is 0 Å². The lowest BCUT2D eigenvalue weighted by Gasteiger charge is -2.43. The molecule has 1 heterocycles. The van der Waals surface area contributed by atoms with Gasteiger partial charge in [-0.15, -0.1) is 0 Å². The van der Waals surface area contributed by atoms with Crippen molar-refractivity contribution < 1.29 is 27.4 Å². The van der Waals surface area contributed by atoms with Crippen LogP contribution in [0.3, 0.4) is 0 Å². The molecule has 0 bridgehead atoms. The zero-order valence-corrected chi connectivity index (χ0v) is 12.7. The van der Waals surface area contributed by atoms with Crippen LogP contribution in [-0.4, -0.2) is 85.0 Å². The maximum absolute atomic E-state index is 11.8. The molecule has 1 rings (SSSR count). The first-order chi connectivity index (χ1) is 9.02. The van der Waals surface area contributed by atoms with Crippen LogP contribution < -0.4 is 0 Å². The first-order valence-electron chi connectivity index (χ1n) is 6.42. The quantitative estimate of drug-likeness (QED) is 0.389. The van der Waals surface area contributed by atoms with E-state index in [-0.39, 0.29) is 12.5 Å². The van der Waals surface area contributed by atoms with Gasteiger partial charge in [-0.25, -0.2) is 8.42 Å². The topological polar surface area (TPSA) is 97.7 Å². The second-order valence-electron chi connectivity index (χ2n) is 5.70. The molecular weight excluding hydrogens is 284 g/mol. The molecule has 1 N–H and O–H groups in total. The molecular formula is C12H22N2O5S. The van der Waals surface area contributed by atoms with Crippen LogP contribution in [0.15, 0.2) is 12.2 Å². The second kappa shape index (κ2) is 6.21. The molecule has 1 unspecified atom stereocenters. The van der Waals surface area contributed by atoms with E-state index in [4.69, 9.17) is 0 Å². The summed E-state index contributed by atoms with van der Waals surface area (Å²) in [5.74, 6) is -0.853. The van der Waals surface area contributed by atoms with Crippen LogP contribution in [0.5, 0.6) is 0 Å². The molecule has 1 amide bonds. The number of nitrogens with zero attached hydrogens (tertiary/aromatic N) is 2. The van der Waals surface area contributed by atoms with Crippen LogP contribution in [0.25, 0.3) is 0 Å². The number of aliphatic hydroxyl groups is 1. The predicted molar refractivity (Wildman–Crippen MR) is 72.8 cm³/mol. The van der Waals surface area contributed by atoms with Crippen LogP contribution in [0.1, 0.15) is 6.92 Å². The molecule has 0 aromatic heterocycles. The number of hydrogen-bond donors (Lipinski definition) is 1. The van der Waals surface area contributed by atoms with Crippen LogP contribution in [0, 0.1) is 0 Å². The van der Waals surface area contributed by atoms with E-state index in [1.807, 2.05) is 7.05 Å². The summed E-state index contributed by atoms with van der Waals surface area (Å²) >= 11 is 0. The molecule has 20 heavy (non-hydrogen) atoms. The largest absolute Gasteiger partial charge is 0.748 e. The third-order valence-corrected chi connectivity index (χ3v) is 4.31. The molecule has 116 valence electrons. The molecule has 1 aliphatic heterocycles. The van der Waals surface area contributed by atoms with E-state index in [1.165, 1.54) is 0 Å². The molecule has 7 nitrogen and oxygen atoms in total. The lowest BCUT2D eigenvalue weighted by atomic mass is 10.2. The van der Waals surface area contributed by atoms with Crippen molar-refractivity contribution in [2.24, 2.45) is 0 Å². The minimum absolute atomic E-state index is 0.0843. The molecule has 0 aromatic rings. The van der Waals surface area contributed by atoms with E-state index in [1.54, 1.807) is 11.8 Å². The monoisotopic (exact) mass is 306 g/mol. The predicted octanol–water partition coefficient (Wildman–Crippen LogP) is -1.24. The van der Waals surface area contributed by atoms with E-state index in [0.29, 0.717) is 36.2 Å². The molecule has 1 atom stereocenters. The van der Waals surface area contributed by atoms with Gasteiger partial charge >= 0.3 is 0 Å². The number of amides is 1. The highest BCUT2D eigenvalue weighted by Gasteiger charge is 2.33. The van der Waals surface area contributed by atoms with E-state index in [9.17, 15) is 22.9 Å². The van der Waals surface area contributed by atoms with Crippen molar-refractivity contribution in [3.63, 3.8) is 0 Å². The lowest BCUT2D eigenvalue weighted by Crippen LogP contribution is -2.61. The molecule has 0 radical (unpaired) electrons. The fraction of sp³-hybridized carbons (Fsp3) is 0.750. The molecule has 0 saturated carbocycles. The Bertz CT molecular complexity index is 480. The highest BCUT2D eigenvalue weighted by Crippen LogP contribution is 2.13. The van der Waals surface area contributed by atoms with Gasteiger partial charge in [0.2, 0.25) is 5.91 Å². The molecule has 0 spiro atoms. The summed E-state index contributed by atoms with van der Waals surface area (Å²) in [6.07, 6.45) is -1.18. The summed E-state index contributed by atoms with van der Waals surface area (Å²) in [7, 11) is -2.54. The van der Waals surface area contributed by atoms with Gasteiger partial charge < -0.3 is 19.0 Å². The minimum atomic E-state index is -4.42. The van der Waals surface area contributed by atoms with Gasteiger partial charge in [-0.3, -0.25) is 4.79 Å². The van der Waals surface area contributed by atoms with Gasteiger partial charge in [-0.1, -0.05) is 6.58 Å². The second-order valence-corrected chi connectivity index (χ2v) is 7.15. The molecule has 0 aromatic carbocycles. The Balaban J connectivity index is 2.54.